The van der Waals surface area contributed by atoms with Gasteiger partial charge in [0.1, 0.15) is 0 Å². The Labute approximate surface area is 114 Å². The van der Waals surface area contributed by atoms with E-state index in [9.17, 15) is 9.59 Å². The third-order valence-electron chi connectivity index (χ3n) is 2.90. The van der Waals surface area contributed by atoms with Crippen LogP contribution < -0.4 is 0 Å². The Morgan fingerprint density at radius 2 is 1.79 bits per heavy atom. The van der Waals surface area contributed by atoms with Gasteiger partial charge in [0, 0.05) is 12.0 Å². The number of carbonyl (C=O) groups excluding carboxylic acids is 2. The first kappa shape index (κ1) is 17.2. The van der Waals surface area contributed by atoms with Crippen molar-refractivity contribution in [3.63, 3.8) is 0 Å². The van der Waals surface area contributed by atoms with Crippen LogP contribution in [0.4, 0.5) is 0 Å². The minimum absolute atomic E-state index is 0.369. The molecule has 0 saturated heterocycles. The van der Waals surface area contributed by atoms with Gasteiger partial charge in [0.05, 0.1) is 20.3 Å². The molecular formula is C14H21NO4. The van der Waals surface area contributed by atoms with Crippen LogP contribution in [-0.4, -0.2) is 26.2 Å². The first-order valence-electron chi connectivity index (χ1n) is 6.34. The van der Waals surface area contributed by atoms with Crippen molar-refractivity contribution in [2.75, 3.05) is 14.2 Å². The van der Waals surface area contributed by atoms with Crippen molar-refractivity contribution < 1.29 is 19.1 Å². The van der Waals surface area contributed by atoms with E-state index in [-0.39, 0.29) is 5.92 Å². The normalized spacial score (nSPS) is 12.2. The number of hydrogen-bond donors (Lipinski definition) is 0. The highest BCUT2D eigenvalue weighted by molar-refractivity contribution is 5.95. The fourth-order valence-corrected chi connectivity index (χ4v) is 1.87. The van der Waals surface area contributed by atoms with E-state index in [4.69, 9.17) is 5.26 Å². The van der Waals surface area contributed by atoms with Gasteiger partial charge in [0.15, 0.2) is 5.92 Å². The molecule has 0 spiro atoms. The minimum atomic E-state index is -1.00. The van der Waals surface area contributed by atoms with Gasteiger partial charge >= 0.3 is 11.9 Å². The Morgan fingerprint density at radius 3 is 2.21 bits per heavy atom. The van der Waals surface area contributed by atoms with E-state index < -0.39 is 17.9 Å². The summed E-state index contributed by atoms with van der Waals surface area (Å²) in [5, 5.41) is 8.59. The van der Waals surface area contributed by atoms with Crippen LogP contribution in [0, 0.1) is 23.2 Å². The van der Waals surface area contributed by atoms with Crippen molar-refractivity contribution >= 4 is 11.9 Å². The molecule has 0 N–H and O–H groups in total. The fraction of sp³-hybridized carbons (Fsp3) is 0.643. The molecule has 0 aromatic heterocycles. The summed E-state index contributed by atoms with van der Waals surface area (Å²) in [4.78, 5) is 23.4. The van der Waals surface area contributed by atoms with Gasteiger partial charge in [-0.2, -0.15) is 5.26 Å². The molecule has 106 valence electrons. The van der Waals surface area contributed by atoms with Crippen LogP contribution >= 0.6 is 0 Å². The summed E-state index contributed by atoms with van der Waals surface area (Å²) in [6.45, 7) is 2.07. The van der Waals surface area contributed by atoms with E-state index in [1.54, 1.807) is 6.08 Å². The van der Waals surface area contributed by atoms with Crippen molar-refractivity contribution in [1.82, 2.24) is 0 Å². The number of rotatable bonds is 8. The Kier molecular flexibility index (Phi) is 9.15. The first-order valence-corrected chi connectivity index (χ1v) is 6.34. The largest absolute Gasteiger partial charge is 0.468 e. The highest BCUT2D eigenvalue weighted by atomic mass is 16.5. The zero-order valence-electron chi connectivity index (χ0n) is 11.7. The summed E-state index contributed by atoms with van der Waals surface area (Å²) in [7, 11) is 2.46. The van der Waals surface area contributed by atoms with Crippen molar-refractivity contribution in [2.24, 2.45) is 11.8 Å². The van der Waals surface area contributed by atoms with Crippen LogP contribution in [0.25, 0.3) is 0 Å². The average molecular weight is 267 g/mol. The second-order valence-electron chi connectivity index (χ2n) is 4.17. The molecule has 1 atom stereocenters. The molecule has 5 nitrogen and oxygen atoms in total. The topological polar surface area (TPSA) is 76.4 Å². The monoisotopic (exact) mass is 267 g/mol. The summed E-state index contributed by atoms with van der Waals surface area (Å²) in [5.74, 6) is -2.63. The van der Waals surface area contributed by atoms with Crippen LogP contribution in [0.2, 0.25) is 0 Å². The van der Waals surface area contributed by atoms with Crippen LogP contribution in [0.3, 0.4) is 0 Å². The van der Waals surface area contributed by atoms with Gasteiger partial charge in [-0.3, -0.25) is 9.59 Å². The second-order valence-corrected chi connectivity index (χ2v) is 4.17. The molecular weight excluding hydrogens is 246 g/mol. The lowest BCUT2D eigenvalue weighted by molar-refractivity contribution is -0.160. The molecule has 0 saturated carbocycles. The molecule has 0 aromatic carbocycles. The van der Waals surface area contributed by atoms with Crippen LogP contribution in [-0.2, 0) is 19.1 Å². The van der Waals surface area contributed by atoms with Crippen molar-refractivity contribution in [3.05, 3.63) is 12.2 Å². The number of nitrogens with zero attached hydrogens (tertiary/aromatic N) is 1. The number of methoxy groups -OCH3 is 2. The second kappa shape index (κ2) is 10.1. The summed E-state index contributed by atoms with van der Waals surface area (Å²) < 4.78 is 9.29. The molecule has 19 heavy (non-hydrogen) atoms. The number of nitriles is 1. The predicted octanol–water partition coefficient (Wildman–Crippen LogP) is 2.22. The lowest BCUT2D eigenvalue weighted by Gasteiger charge is -2.20. The number of unbranched alkanes of at least 4 members (excludes halogenated alkanes) is 2. The first-order chi connectivity index (χ1) is 9.12. The van der Waals surface area contributed by atoms with Crippen molar-refractivity contribution in [3.8, 4) is 6.07 Å². The highest BCUT2D eigenvalue weighted by Gasteiger charge is 2.35. The molecule has 0 aliphatic rings. The number of hydrogen-bond acceptors (Lipinski definition) is 5. The quantitative estimate of drug-likeness (QED) is 0.292. The van der Waals surface area contributed by atoms with Crippen LogP contribution in [0.5, 0.6) is 0 Å². The number of ether oxygens (including phenoxy) is 2. The smallest absolute Gasteiger partial charge is 0.320 e. The molecule has 0 aromatic rings. The summed E-state index contributed by atoms with van der Waals surface area (Å²) in [6, 6.07) is 1.87. The maximum atomic E-state index is 11.7. The van der Waals surface area contributed by atoms with E-state index >= 15 is 0 Å². The number of allylic oxidation sites excluding steroid dienone is 2. The SMILES string of the molecule is CCCCCC(/C=C\C#N)C(C(=O)OC)C(=O)OC. The zero-order chi connectivity index (χ0) is 14.7. The van der Waals surface area contributed by atoms with E-state index in [0.717, 1.165) is 19.3 Å². The third kappa shape index (κ3) is 6.05. The Balaban J connectivity index is 5.00. The average Bonchev–Trinajstić information content (AvgIpc) is 2.43. The zero-order valence-corrected chi connectivity index (χ0v) is 11.7. The van der Waals surface area contributed by atoms with Gasteiger partial charge in [-0.05, 0) is 6.42 Å². The Hall–Kier alpha value is -1.83. The van der Waals surface area contributed by atoms with Gasteiger partial charge in [0.25, 0.3) is 0 Å². The van der Waals surface area contributed by atoms with E-state index in [1.165, 1.54) is 20.3 Å². The molecule has 0 radical (unpaired) electrons. The lowest BCUT2D eigenvalue weighted by Crippen LogP contribution is -2.32. The standard InChI is InChI=1S/C14H21NO4/c1-4-5-6-8-11(9-7-10-15)12(13(16)18-2)14(17)19-3/h7,9,11-12H,4-6,8H2,1-3H3/b9-7-. The molecule has 0 fully saturated rings. The predicted molar refractivity (Wildman–Crippen MR) is 69.9 cm³/mol. The van der Waals surface area contributed by atoms with Gasteiger partial charge in [0.2, 0.25) is 0 Å². The molecule has 0 aliphatic carbocycles. The van der Waals surface area contributed by atoms with Gasteiger partial charge in [-0.1, -0.05) is 32.3 Å². The molecule has 0 aliphatic heterocycles. The van der Waals surface area contributed by atoms with Gasteiger partial charge < -0.3 is 9.47 Å². The van der Waals surface area contributed by atoms with Gasteiger partial charge in [-0.15, -0.1) is 0 Å². The van der Waals surface area contributed by atoms with Crippen molar-refractivity contribution in [2.45, 2.75) is 32.6 Å². The molecule has 1 unspecified atom stereocenters. The van der Waals surface area contributed by atoms with Crippen molar-refractivity contribution in [1.29, 1.82) is 5.26 Å². The Bertz CT molecular complexity index is 341. The van der Waals surface area contributed by atoms with E-state index in [2.05, 4.69) is 16.4 Å². The molecule has 0 amide bonds. The van der Waals surface area contributed by atoms with E-state index in [1.807, 2.05) is 6.07 Å². The molecule has 0 heterocycles. The molecule has 0 rings (SSSR count). The summed E-state index contributed by atoms with van der Waals surface area (Å²) in [5.41, 5.74) is 0. The molecule has 0 bridgehead atoms. The molecule has 5 heteroatoms. The lowest BCUT2D eigenvalue weighted by atomic mass is 9.87. The minimum Gasteiger partial charge on any atom is -0.468 e. The summed E-state index contributed by atoms with van der Waals surface area (Å²) >= 11 is 0. The van der Waals surface area contributed by atoms with E-state index in [0.29, 0.717) is 6.42 Å². The van der Waals surface area contributed by atoms with Crippen LogP contribution in [0.15, 0.2) is 12.2 Å². The maximum absolute atomic E-state index is 11.7. The van der Waals surface area contributed by atoms with Gasteiger partial charge in [-0.25, -0.2) is 0 Å². The number of esters is 2. The maximum Gasteiger partial charge on any atom is 0.320 e. The summed E-state index contributed by atoms with van der Waals surface area (Å²) in [6.07, 6.45) is 6.42. The fourth-order valence-electron chi connectivity index (χ4n) is 1.87. The number of carbonyl (C=O) groups is 2. The third-order valence-corrected chi connectivity index (χ3v) is 2.90. The highest BCUT2D eigenvalue weighted by Crippen LogP contribution is 2.23. The van der Waals surface area contributed by atoms with Crippen LogP contribution in [0.1, 0.15) is 32.6 Å². The Morgan fingerprint density at radius 1 is 1.21 bits per heavy atom.